The molecule has 1 unspecified atom stereocenters. The lowest BCUT2D eigenvalue weighted by Gasteiger charge is -2.42. The zero-order valence-electron chi connectivity index (χ0n) is 12.5. The molecule has 19 heavy (non-hydrogen) atoms. The Kier molecular flexibility index (Phi) is 4.29. The Morgan fingerprint density at radius 3 is 2.68 bits per heavy atom. The molecule has 2 N–H and O–H groups in total. The first kappa shape index (κ1) is 14.5. The first-order valence-corrected chi connectivity index (χ1v) is 7.08. The topological polar surface area (TPSA) is 35.5 Å². The Morgan fingerprint density at radius 1 is 1.42 bits per heavy atom. The van der Waals surface area contributed by atoms with E-state index in [1.54, 1.807) is 0 Å². The lowest BCUT2D eigenvalue weighted by atomic mass is 9.77. The van der Waals surface area contributed by atoms with Crippen LogP contribution in [0, 0.1) is 0 Å². The van der Waals surface area contributed by atoms with E-state index >= 15 is 0 Å². The number of hydrogen-bond donors (Lipinski definition) is 2. The van der Waals surface area contributed by atoms with Gasteiger partial charge in [0.2, 0.25) is 0 Å². The molecule has 106 valence electrons. The molecule has 0 aromatic heterocycles. The highest BCUT2D eigenvalue weighted by molar-refractivity contribution is 5.26. The normalized spacial score (nSPS) is 28.2. The summed E-state index contributed by atoms with van der Waals surface area (Å²) in [5, 5.41) is 13.4. The monoisotopic (exact) mass is 262 g/mol. The maximum absolute atomic E-state index is 9.76. The zero-order chi connectivity index (χ0) is 14.0. The number of nitrogens with zero attached hydrogens (tertiary/aromatic N) is 1. The van der Waals surface area contributed by atoms with Crippen LogP contribution in [0.3, 0.4) is 0 Å². The van der Waals surface area contributed by atoms with Gasteiger partial charge in [-0.2, -0.15) is 0 Å². The van der Waals surface area contributed by atoms with Crippen molar-refractivity contribution < 1.29 is 5.11 Å². The molecule has 0 saturated heterocycles. The van der Waals surface area contributed by atoms with Gasteiger partial charge in [0.25, 0.3) is 0 Å². The third-order valence-electron chi connectivity index (χ3n) is 3.81. The van der Waals surface area contributed by atoms with E-state index in [-0.39, 0.29) is 0 Å². The molecule has 0 bridgehead atoms. The van der Waals surface area contributed by atoms with Gasteiger partial charge in [0.1, 0.15) is 0 Å². The van der Waals surface area contributed by atoms with Crippen molar-refractivity contribution in [2.24, 2.45) is 0 Å². The number of benzene rings is 1. The number of aliphatic hydroxyl groups is 1. The zero-order valence-corrected chi connectivity index (χ0v) is 12.5. The van der Waals surface area contributed by atoms with Crippen LogP contribution in [0.15, 0.2) is 24.3 Å². The molecule has 0 spiro atoms. The smallest absolute Gasteiger partial charge is 0.0649 e. The third kappa shape index (κ3) is 4.03. The fraction of sp³-hybridized carbons (Fsp3) is 0.625. The molecule has 0 radical (unpaired) electrons. The Hall–Kier alpha value is -0.900. The van der Waals surface area contributed by atoms with Crippen molar-refractivity contribution >= 4 is 0 Å². The second kappa shape index (κ2) is 5.61. The first-order chi connectivity index (χ1) is 8.85. The highest BCUT2D eigenvalue weighted by Gasteiger charge is 2.38. The number of rotatable bonds is 5. The van der Waals surface area contributed by atoms with Gasteiger partial charge in [0, 0.05) is 18.6 Å². The summed E-state index contributed by atoms with van der Waals surface area (Å²) in [6, 6.07) is 9.53. The Morgan fingerprint density at radius 2 is 2.11 bits per heavy atom. The summed E-state index contributed by atoms with van der Waals surface area (Å²) in [6.07, 6.45) is 1.71. The predicted molar refractivity (Wildman–Crippen MR) is 79.0 cm³/mol. The highest BCUT2D eigenvalue weighted by atomic mass is 16.3. The Labute approximate surface area is 116 Å². The van der Waals surface area contributed by atoms with Crippen molar-refractivity contribution in [2.45, 2.75) is 50.9 Å². The number of hydrogen-bond acceptors (Lipinski definition) is 3. The van der Waals surface area contributed by atoms with E-state index in [1.807, 2.05) is 6.92 Å². The molecule has 3 heteroatoms. The molecule has 1 aliphatic carbocycles. The maximum Gasteiger partial charge on any atom is 0.0649 e. The van der Waals surface area contributed by atoms with E-state index in [0.29, 0.717) is 12.1 Å². The summed E-state index contributed by atoms with van der Waals surface area (Å²) < 4.78 is 0. The van der Waals surface area contributed by atoms with Crippen LogP contribution in [0.25, 0.3) is 0 Å². The minimum absolute atomic E-state index is 0.336. The van der Waals surface area contributed by atoms with Crippen LogP contribution < -0.4 is 5.32 Å². The van der Waals surface area contributed by atoms with Crippen LogP contribution in [0.1, 0.15) is 43.9 Å². The molecule has 1 aliphatic rings. The molecule has 0 aliphatic heterocycles. The largest absolute Gasteiger partial charge is 0.390 e. The summed E-state index contributed by atoms with van der Waals surface area (Å²) >= 11 is 0. The van der Waals surface area contributed by atoms with Crippen molar-refractivity contribution in [1.29, 1.82) is 0 Å². The molecular formula is C16H26N2O. The molecule has 1 aromatic carbocycles. The lowest BCUT2D eigenvalue weighted by Crippen LogP contribution is -2.52. The van der Waals surface area contributed by atoms with E-state index < -0.39 is 5.60 Å². The average molecular weight is 262 g/mol. The van der Waals surface area contributed by atoms with Gasteiger partial charge in [-0.3, -0.25) is 0 Å². The maximum atomic E-state index is 9.76. The summed E-state index contributed by atoms with van der Waals surface area (Å²) in [5.41, 5.74) is 2.21. The van der Waals surface area contributed by atoms with E-state index in [2.05, 4.69) is 55.5 Å². The Balaban J connectivity index is 1.93. The van der Waals surface area contributed by atoms with Gasteiger partial charge in [-0.25, -0.2) is 0 Å². The third-order valence-corrected chi connectivity index (χ3v) is 3.81. The van der Waals surface area contributed by atoms with Gasteiger partial charge in [-0.05, 0) is 51.9 Å². The van der Waals surface area contributed by atoms with E-state index in [0.717, 1.165) is 19.4 Å². The van der Waals surface area contributed by atoms with Crippen molar-refractivity contribution in [3.8, 4) is 0 Å². The minimum Gasteiger partial charge on any atom is -0.390 e. The van der Waals surface area contributed by atoms with E-state index in [4.69, 9.17) is 0 Å². The van der Waals surface area contributed by atoms with Gasteiger partial charge in [0.05, 0.1) is 5.60 Å². The van der Waals surface area contributed by atoms with E-state index in [1.165, 1.54) is 11.1 Å². The molecule has 0 amide bonds. The summed E-state index contributed by atoms with van der Waals surface area (Å²) in [5.74, 6) is 0. The van der Waals surface area contributed by atoms with Crippen LogP contribution in [0.2, 0.25) is 0 Å². The van der Waals surface area contributed by atoms with Gasteiger partial charge in [-0.1, -0.05) is 24.3 Å². The second-order valence-electron chi connectivity index (χ2n) is 6.47. The Bertz CT molecular complexity index is 421. The van der Waals surface area contributed by atoms with Crippen molar-refractivity contribution in [2.75, 3.05) is 14.1 Å². The summed E-state index contributed by atoms with van der Waals surface area (Å²) in [4.78, 5) is 2.18. The molecule has 1 saturated carbocycles. The quantitative estimate of drug-likeness (QED) is 0.855. The molecule has 3 nitrogen and oxygen atoms in total. The van der Waals surface area contributed by atoms with Crippen LogP contribution >= 0.6 is 0 Å². The van der Waals surface area contributed by atoms with Crippen LogP contribution in [0.4, 0.5) is 0 Å². The molecular weight excluding hydrogens is 236 g/mol. The minimum atomic E-state index is -0.454. The van der Waals surface area contributed by atoms with Gasteiger partial charge in [0.15, 0.2) is 0 Å². The summed E-state index contributed by atoms with van der Waals surface area (Å²) in [6.45, 7) is 5.08. The fourth-order valence-corrected chi connectivity index (χ4v) is 2.90. The molecule has 0 heterocycles. The molecule has 1 aromatic rings. The predicted octanol–water partition coefficient (Wildman–Crippen LogP) is 2.31. The molecule has 1 atom stereocenters. The van der Waals surface area contributed by atoms with Crippen LogP contribution in [0.5, 0.6) is 0 Å². The highest BCUT2D eigenvalue weighted by Crippen LogP contribution is 2.33. The first-order valence-electron chi connectivity index (χ1n) is 7.08. The average Bonchev–Trinajstić information content (AvgIpc) is 2.26. The van der Waals surface area contributed by atoms with Crippen molar-refractivity contribution in [3.63, 3.8) is 0 Å². The van der Waals surface area contributed by atoms with Crippen LogP contribution in [-0.2, 0) is 6.54 Å². The van der Waals surface area contributed by atoms with Crippen molar-refractivity contribution in [3.05, 3.63) is 35.4 Å². The molecule has 2 rings (SSSR count). The number of nitrogens with one attached hydrogen (secondary N) is 1. The molecule has 1 fully saturated rings. The van der Waals surface area contributed by atoms with Gasteiger partial charge in [-0.15, -0.1) is 0 Å². The fourth-order valence-electron chi connectivity index (χ4n) is 2.90. The van der Waals surface area contributed by atoms with Crippen molar-refractivity contribution in [1.82, 2.24) is 10.2 Å². The van der Waals surface area contributed by atoms with Gasteiger partial charge < -0.3 is 15.3 Å². The van der Waals surface area contributed by atoms with E-state index in [9.17, 15) is 5.11 Å². The lowest BCUT2D eigenvalue weighted by molar-refractivity contribution is -0.0413. The summed E-state index contributed by atoms with van der Waals surface area (Å²) in [7, 11) is 4.18. The van der Waals surface area contributed by atoms with Crippen LogP contribution in [-0.4, -0.2) is 35.7 Å². The second-order valence-corrected chi connectivity index (χ2v) is 6.47. The SMILES string of the molecule is CC(NC1CC(C)(O)C1)c1cccc(CN(C)C)c1. The van der Waals surface area contributed by atoms with Gasteiger partial charge >= 0.3 is 0 Å². The standard InChI is InChI=1S/C16H26N2O/c1-12(17-15-9-16(2,19)10-15)14-7-5-6-13(8-14)11-18(3)4/h5-8,12,15,17,19H,9-11H2,1-4H3.